The van der Waals surface area contributed by atoms with E-state index in [2.05, 4.69) is 43.7 Å². The molecular formula is C21H30N4. The number of aromatic nitrogens is 2. The van der Waals surface area contributed by atoms with Gasteiger partial charge < -0.3 is 11.5 Å². The van der Waals surface area contributed by atoms with Gasteiger partial charge in [0.1, 0.15) is 11.6 Å². The third kappa shape index (κ3) is 5.18. The van der Waals surface area contributed by atoms with Crippen molar-refractivity contribution in [1.29, 1.82) is 0 Å². The van der Waals surface area contributed by atoms with Gasteiger partial charge >= 0.3 is 0 Å². The molecule has 0 saturated heterocycles. The molecule has 0 saturated carbocycles. The fraction of sp³-hybridized carbons (Fsp3) is 0.333. The summed E-state index contributed by atoms with van der Waals surface area (Å²) in [4.78, 5) is 8.06. The first-order valence-electron chi connectivity index (χ1n) is 8.24. The van der Waals surface area contributed by atoms with Gasteiger partial charge in [-0.05, 0) is 40.5 Å². The van der Waals surface area contributed by atoms with Crippen molar-refractivity contribution in [3.05, 3.63) is 59.9 Å². The van der Waals surface area contributed by atoms with Gasteiger partial charge in [0.2, 0.25) is 0 Å². The summed E-state index contributed by atoms with van der Waals surface area (Å²) in [5.41, 5.74) is 13.8. The molecule has 0 amide bonds. The quantitative estimate of drug-likeness (QED) is 0.659. The van der Waals surface area contributed by atoms with Gasteiger partial charge in [-0.25, -0.2) is 9.97 Å². The maximum Gasteiger partial charge on any atom is 0.131 e. The van der Waals surface area contributed by atoms with Crippen molar-refractivity contribution >= 4 is 22.4 Å². The largest absolute Gasteiger partial charge is 0.384 e. The van der Waals surface area contributed by atoms with Crippen LogP contribution in [-0.2, 0) is 0 Å². The van der Waals surface area contributed by atoms with Crippen LogP contribution in [0.5, 0.6) is 0 Å². The molecule has 0 unspecified atom stereocenters. The van der Waals surface area contributed by atoms with Crippen LogP contribution in [0.3, 0.4) is 0 Å². The topological polar surface area (TPSA) is 77.8 Å². The highest BCUT2D eigenvalue weighted by Crippen LogP contribution is 2.27. The Kier molecular flexibility index (Phi) is 7.37. The van der Waals surface area contributed by atoms with E-state index in [-0.39, 0.29) is 7.43 Å². The van der Waals surface area contributed by atoms with E-state index >= 15 is 0 Å². The molecule has 0 atom stereocenters. The number of fused-ring (bicyclic) bond motifs is 1. The summed E-state index contributed by atoms with van der Waals surface area (Å²) in [5, 5.41) is 2.27. The normalized spacial score (nSPS) is 10.3. The minimum Gasteiger partial charge on any atom is -0.384 e. The van der Waals surface area contributed by atoms with Gasteiger partial charge in [-0.2, -0.15) is 0 Å². The molecule has 0 aliphatic rings. The molecule has 0 radical (unpaired) electrons. The van der Waals surface area contributed by atoms with Gasteiger partial charge in [-0.1, -0.05) is 59.4 Å². The summed E-state index contributed by atoms with van der Waals surface area (Å²) in [5.74, 6) is 2.25. The molecule has 4 N–H and O–H groups in total. The predicted molar refractivity (Wildman–Crippen MR) is 110 cm³/mol. The Morgan fingerprint density at radius 1 is 0.800 bits per heavy atom. The van der Waals surface area contributed by atoms with Crippen LogP contribution in [0.2, 0.25) is 0 Å². The third-order valence-corrected chi connectivity index (χ3v) is 3.97. The van der Waals surface area contributed by atoms with Crippen LogP contribution in [-0.4, -0.2) is 9.97 Å². The summed E-state index contributed by atoms with van der Waals surface area (Å²) in [7, 11) is 0. The van der Waals surface area contributed by atoms with Gasteiger partial charge in [-0.15, -0.1) is 0 Å². The highest BCUT2D eigenvalue weighted by molar-refractivity contribution is 5.93. The second-order valence-corrected chi connectivity index (χ2v) is 6.46. The molecule has 2 aromatic heterocycles. The molecule has 0 bridgehead atoms. The zero-order valence-corrected chi connectivity index (χ0v) is 14.8. The molecule has 0 spiro atoms. The maximum absolute atomic E-state index is 5.81. The molecule has 0 fully saturated rings. The first kappa shape index (κ1) is 20.4. The smallest absolute Gasteiger partial charge is 0.131 e. The van der Waals surface area contributed by atoms with Crippen LogP contribution < -0.4 is 11.5 Å². The van der Waals surface area contributed by atoms with Crippen LogP contribution >= 0.6 is 0 Å². The lowest BCUT2D eigenvalue weighted by Gasteiger charge is -2.10. The van der Waals surface area contributed by atoms with E-state index < -0.39 is 0 Å². The number of anilines is 2. The van der Waals surface area contributed by atoms with Gasteiger partial charge in [0, 0.05) is 17.8 Å². The molecule has 134 valence electrons. The van der Waals surface area contributed by atoms with Gasteiger partial charge in [0.25, 0.3) is 0 Å². The Morgan fingerprint density at radius 2 is 1.52 bits per heavy atom. The Hall–Kier alpha value is -2.62. The van der Waals surface area contributed by atoms with Crippen molar-refractivity contribution in [2.75, 3.05) is 11.5 Å². The zero-order chi connectivity index (χ0) is 17.7. The monoisotopic (exact) mass is 338 g/mol. The summed E-state index contributed by atoms with van der Waals surface area (Å²) in [6, 6.07) is 12.1. The number of nitrogens with two attached hydrogens (primary N) is 2. The molecule has 4 nitrogen and oxygen atoms in total. The second kappa shape index (κ2) is 9.02. The van der Waals surface area contributed by atoms with E-state index in [4.69, 9.17) is 11.5 Å². The lowest BCUT2D eigenvalue weighted by atomic mass is 9.97. The number of hydrogen-bond donors (Lipinski definition) is 2. The van der Waals surface area contributed by atoms with Crippen molar-refractivity contribution in [1.82, 2.24) is 9.97 Å². The third-order valence-electron chi connectivity index (χ3n) is 3.97. The maximum atomic E-state index is 5.81. The van der Waals surface area contributed by atoms with E-state index in [1.54, 1.807) is 6.20 Å². The summed E-state index contributed by atoms with van der Waals surface area (Å²) in [6.45, 7) is 8.64. The molecule has 3 aromatic rings. The Balaban J connectivity index is 0.000000254. The van der Waals surface area contributed by atoms with Crippen LogP contribution in [0.1, 0.15) is 58.1 Å². The van der Waals surface area contributed by atoms with E-state index in [0.29, 0.717) is 23.5 Å². The minimum absolute atomic E-state index is 0. The predicted octanol–water partition coefficient (Wildman–Crippen LogP) is 5.36. The molecule has 4 heteroatoms. The molecule has 2 heterocycles. The number of nitrogen functional groups attached to an aromatic ring is 2. The lowest BCUT2D eigenvalue weighted by Crippen LogP contribution is -1.94. The summed E-state index contributed by atoms with van der Waals surface area (Å²) >= 11 is 0. The van der Waals surface area contributed by atoms with Gasteiger partial charge in [-0.3, -0.25) is 0 Å². The van der Waals surface area contributed by atoms with Crippen molar-refractivity contribution in [2.45, 2.75) is 47.0 Å². The van der Waals surface area contributed by atoms with Crippen LogP contribution in [0.4, 0.5) is 11.6 Å². The standard InChI is InChI=1S/C12H14N2.C8H12N2.CH4/c1-8(2)9-4-3-5-11-10(9)6-7-14-12(11)13;1-6(2)7-3-4-8(9)10-5-7;/h3-8H,1-2H3,(H2,13,14);3-6H,1-2H3,(H2,9,10);1H4. The molecule has 0 aliphatic carbocycles. The Labute approximate surface area is 151 Å². The fourth-order valence-electron chi connectivity index (χ4n) is 2.52. The average molecular weight is 338 g/mol. The lowest BCUT2D eigenvalue weighted by molar-refractivity contribution is 0.859. The van der Waals surface area contributed by atoms with E-state index in [1.165, 1.54) is 16.5 Å². The van der Waals surface area contributed by atoms with Crippen molar-refractivity contribution in [3.63, 3.8) is 0 Å². The van der Waals surface area contributed by atoms with Crippen molar-refractivity contribution in [3.8, 4) is 0 Å². The Bertz CT molecular complexity index is 793. The highest BCUT2D eigenvalue weighted by atomic mass is 14.8. The van der Waals surface area contributed by atoms with Crippen molar-refractivity contribution < 1.29 is 0 Å². The minimum atomic E-state index is 0. The first-order valence-corrected chi connectivity index (χ1v) is 8.24. The van der Waals surface area contributed by atoms with Crippen LogP contribution in [0.25, 0.3) is 10.8 Å². The SMILES string of the molecule is C.CC(C)c1ccc(N)nc1.CC(C)c1cccc2c(N)nccc12. The van der Waals surface area contributed by atoms with Gasteiger partial charge in [0.15, 0.2) is 0 Å². The van der Waals surface area contributed by atoms with Gasteiger partial charge in [0.05, 0.1) is 0 Å². The summed E-state index contributed by atoms with van der Waals surface area (Å²) in [6.07, 6.45) is 3.59. The molecule has 25 heavy (non-hydrogen) atoms. The molecular weight excluding hydrogens is 308 g/mol. The number of hydrogen-bond acceptors (Lipinski definition) is 4. The highest BCUT2D eigenvalue weighted by Gasteiger charge is 2.06. The summed E-state index contributed by atoms with van der Waals surface area (Å²) < 4.78 is 0. The number of rotatable bonds is 2. The van der Waals surface area contributed by atoms with Crippen LogP contribution in [0, 0.1) is 0 Å². The molecule has 3 rings (SSSR count). The molecule has 1 aromatic carbocycles. The number of pyridine rings is 2. The Morgan fingerprint density at radius 3 is 2.08 bits per heavy atom. The second-order valence-electron chi connectivity index (χ2n) is 6.46. The van der Waals surface area contributed by atoms with E-state index in [1.807, 2.05) is 36.5 Å². The van der Waals surface area contributed by atoms with E-state index in [0.717, 1.165) is 5.39 Å². The number of benzene rings is 1. The van der Waals surface area contributed by atoms with Crippen molar-refractivity contribution in [2.24, 2.45) is 0 Å². The zero-order valence-electron chi connectivity index (χ0n) is 14.8. The van der Waals surface area contributed by atoms with E-state index in [9.17, 15) is 0 Å². The van der Waals surface area contributed by atoms with Crippen LogP contribution in [0.15, 0.2) is 48.8 Å². The number of nitrogens with zero attached hydrogens (tertiary/aromatic N) is 2. The first-order chi connectivity index (χ1) is 11.4. The average Bonchev–Trinajstić information content (AvgIpc) is 2.55. The fourth-order valence-corrected chi connectivity index (χ4v) is 2.52. The molecule has 0 aliphatic heterocycles.